The Morgan fingerprint density at radius 2 is 1.33 bits per heavy atom. The zero-order valence-electron chi connectivity index (χ0n) is 18.7. The van der Waals surface area contributed by atoms with Gasteiger partial charge in [-0.1, -0.05) is 91.0 Å². The van der Waals surface area contributed by atoms with Crippen LogP contribution in [-0.4, -0.2) is 24.3 Å². The second-order valence-electron chi connectivity index (χ2n) is 8.12. The number of carbonyl (C=O) groups is 1. The number of hydrogen-bond acceptors (Lipinski definition) is 5. The molecule has 5 nitrogen and oxygen atoms in total. The third kappa shape index (κ3) is 5.89. The minimum absolute atomic E-state index is 0.0946. The molecule has 0 aromatic heterocycles. The van der Waals surface area contributed by atoms with Crippen LogP contribution in [0.3, 0.4) is 0 Å². The topological polar surface area (TPSA) is 54.0 Å². The Kier molecular flexibility index (Phi) is 7.55. The van der Waals surface area contributed by atoms with Crippen LogP contribution in [0.25, 0.3) is 0 Å². The molecule has 0 radical (unpaired) electrons. The predicted octanol–water partition coefficient (Wildman–Crippen LogP) is 5.20. The van der Waals surface area contributed by atoms with Crippen molar-refractivity contribution in [3.8, 4) is 0 Å². The van der Waals surface area contributed by atoms with Gasteiger partial charge in [0.15, 0.2) is 5.60 Å². The fourth-order valence-corrected chi connectivity index (χ4v) is 3.71. The third-order valence-electron chi connectivity index (χ3n) is 5.58. The Hall–Kier alpha value is -3.41. The smallest absolute Gasteiger partial charge is 0.341 e. The fraction of sp³-hybridized carbons (Fsp3) is 0.250. The highest BCUT2D eigenvalue weighted by Crippen LogP contribution is 2.33. The van der Waals surface area contributed by atoms with Crippen molar-refractivity contribution in [1.29, 1.82) is 0 Å². The van der Waals surface area contributed by atoms with E-state index in [1.807, 2.05) is 91.0 Å². The monoisotopic (exact) mass is 444 g/mol. The van der Waals surface area contributed by atoms with Crippen LogP contribution < -0.4 is 0 Å². The molecular weight excluding hydrogens is 416 g/mol. The van der Waals surface area contributed by atoms with Gasteiger partial charge >= 0.3 is 5.97 Å². The van der Waals surface area contributed by atoms with E-state index in [9.17, 15) is 4.79 Å². The summed E-state index contributed by atoms with van der Waals surface area (Å²) in [4.78, 5) is 12.9. The third-order valence-corrected chi connectivity index (χ3v) is 5.58. The molecule has 5 heteroatoms. The van der Waals surface area contributed by atoms with Crippen molar-refractivity contribution in [2.45, 2.75) is 38.4 Å². The zero-order chi connectivity index (χ0) is 22.9. The lowest BCUT2D eigenvalue weighted by atomic mass is 9.90. The van der Waals surface area contributed by atoms with Crippen molar-refractivity contribution < 1.29 is 23.7 Å². The van der Waals surface area contributed by atoms with Crippen LogP contribution in [0.2, 0.25) is 0 Å². The number of ether oxygens (including phenoxy) is 4. The molecule has 1 aliphatic heterocycles. The summed E-state index contributed by atoms with van der Waals surface area (Å²) in [5, 5.41) is 0. The summed E-state index contributed by atoms with van der Waals surface area (Å²) in [5.74, 6) is -0.447. The molecule has 2 atom stereocenters. The normalized spacial score (nSPS) is 21.5. The number of carbonyl (C=O) groups excluding carboxylic acids is 1. The van der Waals surface area contributed by atoms with E-state index in [4.69, 9.17) is 18.9 Å². The molecule has 0 spiro atoms. The molecule has 0 unspecified atom stereocenters. The van der Waals surface area contributed by atoms with E-state index in [2.05, 4.69) is 0 Å². The largest absolute Gasteiger partial charge is 0.496 e. The molecule has 0 saturated carbocycles. The van der Waals surface area contributed by atoms with Crippen LogP contribution in [0.15, 0.2) is 103 Å². The highest BCUT2D eigenvalue weighted by molar-refractivity contribution is 5.82. The van der Waals surface area contributed by atoms with Crippen molar-refractivity contribution in [2.24, 2.45) is 0 Å². The van der Waals surface area contributed by atoms with Gasteiger partial charge in [-0.25, -0.2) is 4.79 Å². The van der Waals surface area contributed by atoms with Crippen LogP contribution in [-0.2, 0) is 43.6 Å². The second kappa shape index (κ2) is 10.9. The van der Waals surface area contributed by atoms with Gasteiger partial charge in [-0.05, 0) is 23.6 Å². The molecule has 1 fully saturated rings. The molecule has 3 aromatic rings. The van der Waals surface area contributed by atoms with Crippen LogP contribution in [0.4, 0.5) is 0 Å². The van der Waals surface area contributed by atoms with E-state index in [1.54, 1.807) is 13.2 Å². The molecule has 33 heavy (non-hydrogen) atoms. The molecule has 170 valence electrons. The van der Waals surface area contributed by atoms with Crippen LogP contribution in [0.5, 0.6) is 0 Å². The molecule has 0 bridgehead atoms. The summed E-state index contributed by atoms with van der Waals surface area (Å²) >= 11 is 0. The van der Waals surface area contributed by atoms with Gasteiger partial charge in [-0.3, -0.25) is 0 Å². The maximum absolute atomic E-state index is 12.9. The summed E-state index contributed by atoms with van der Waals surface area (Å²) in [6, 6.07) is 29.5. The maximum atomic E-state index is 12.9. The Morgan fingerprint density at radius 1 is 0.818 bits per heavy atom. The lowest BCUT2D eigenvalue weighted by Gasteiger charge is -2.40. The van der Waals surface area contributed by atoms with Gasteiger partial charge in [0, 0.05) is 5.57 Å². The first kappa shape index (κ1) is 22.8. The van der Waals surface area contributed by atoms with E-state index in [1.165, 1.54) is 0 Å². The number of benzene rings is 3. The minimum Gasteiger partial charge on any atom is -0.496 e. The maximum Gasteiger partial charge on any atom is 0.341 e. The first-order chi connectivity index (χ1) is 16.1. The van der Waals surface area contributed by atoms with Crippen molar-refractivity contribution in [1.82, 2.24) is 0 Å². The molecule has 0 N–H and O–H groups in total. The average Bonchev–Trinajstić information content (AvgIpc) is 2.86. The molecule has 1 saturated heterocycles. The SMILES string of the molecule is C[C@]1(OCc2ccccc2)C(=O)OC/C(=C/OCc2ccccc2)[C@H]1OCc1ccccc1. The number of cyclic esters (lactones) is 1. The second-order valence-corrected chi connectivity index (χ2v) is 8.12. The van der Waals surface area contributed by atoms with Crippen molar-refractivity contribution >= 4 is 5.97 Å². The Morgan fingerprint density at radius 3 is 1.91 bits per heavy atom. The Labute approximate surface area is 194 Å². The summed E-state index contributed by atoms with van der Waals surface area (Å²) in [6.45, 7) is 2.82. The van der Waals surface area contributed by atoms with Gasteiger partial charge in [0.2, 0.25) is 0 Å². The van der Waals surface area contributed by atoms with Gasteiger partial charge in [0.25, 0.3) is 0 Å². The molecule has 3 aromatic carbocycles. The van der Waals surface area contributed by atoms with Gasteiger partial charge in [0.05, 0.1) is 19.5 Å². The van der Waals surface area contributed by atoms with E-state index >= 15 is 0 Å². The number of hydrogen-bond donors (Lipinski definition) is 0. The number of esters is 1. The number of rotatable bonds is 9. The van der Waals surface area contributed by atoms with Crippen molar-refractivity contribution in [3.05, 3.63) is 120 Å². The Bertz CT molecular complexity index is 1050. The van der Waals surface area contributed by atoms with Gasteiger partial charge < -0.3 is 18.9 Å². The zero-order valence-corrected chi connectivity index (χ0v) is 18.7. The molecular formula is C28H28O5. The summed E-state index contributed by atoms with van der Waals surface area (Å²) in [5.41, 5.74) is 2.42. The molecule has 1 aliphatic rings. The highest BCUT2D eigenvalue weighted by Gasteiger charge is 2.50. The van der Waals surface area contributed by atoms with Crippen LogP contribution >= 0.6 is 0 Å². The van der Waals surface area contributed by atoms with E-state index in [0.717, 1.165) is 22.3 Å². The Balaban J connectivity index is 1.54. The van der Waals surface area contributed by atoms with Crippen molar-refractivity contribution in [2.75, 3.05) is 6.61 Å². The summed E-state index contributed by atoms with van der Waals surface area (Å²) in [6.07, 6.45) is 0.984. The molecule has 4 rings (SSSR count). The lowest BCUT2D eigenvalue weighted by Crippen LogP contribution is -2.56. The van der Waals surface area contributed by atoms with Gasteiger partial charge in [-0.15, -0.1) is 0 Å². The minimum atomic E-state index is -1.31. The fourth-order valence-electron chi connectivity index (χ4n) is 3.71. The van der Waals surface area contributed by atoms with Gasteiger partial charge in [-0.2, -0.15) is 0 Å². The van der Waals surface area contributed by atoms with Crippen LogP contribution in [0, 0.1) is 0 Å². The van der Waals surface area contributed by atoms with E-state index < -0.39 is 17.7 Å². The lowest BCUT2D eigenvalue weighted by molar-refractivity contribution is -0.201. The highest BCUT2D eigenvalue weighted by atomic mass is 16.6. The van der Waals surface area contributed by atoms with E-state index in [-0.39, 0.29) is 13.2 Å². The quantitative estimate of drug-likeness (QED) is 0.335. The first-order valence-electron chi connectivity index (χ1n) is 11.0. The van der Waals surface area contributed by atoms with Crippen molar-refractivity contribution in [3.63, 3.8) is 0 Å². The first-order valence-corrected chi connectivity index (χ1v) is 11.0. The van der Waals surface area contributed by atoms with Gasteiger partial charge in [0.1, 0.15) is 19.3 Å². The van der Waals surface area contributed by atoms with E-state index in [0.29, 0.717) is 13.2 Å². The standard InChI is InChI=1S/C28H28O5/c1-28(33-19-24-15-9-4-10-16-24)26(31-18-23-13-7-3-8-14-23)25(21-32-27(28)29)20-30-17-22-11-5-2-6-12-22/h2-16,20,26H,17-19,21H2,1H3/b25-20-/t26-,28-/m1/s1. The molecule has 0 amide bonds. The predicted molar refractivity (Wildman–Crippen MR) is 125 cm³/mol. The average molecular weight is 445 g/mol. The summed E-state index contributed by atoms with van der Waals surface area (Å²) < 4.78 is 23.8. The van der Waals surface area contributed by atoms with Crippen LogP contribution in [0.1, 0.15) is 23.6 Å². The molecule has 0 aliphatic carbocycles. The molecule has 1 heterocycles. The summed E-state index contributed by atoms with van der Waals surface area (Å²) in [7, 11) is 0.